The summed E-state index contributed by atoms with van der Waals surface area (Å²) in [5.41, 5.74) is -1.90. The number of thiocarbonyl (C=S) groups is 1. The maximum atomic E-state index is 10.9. The first kappa shape index (κ1) is 51.1. The molecule has 0 aromatic heterocycles. The number of hydrogen-bond donors (Lipinski definition) is 16. The Morgan fingerprint density at radius 2 is 1.02 bits per heavy atom. The van der Waals surface area contributed by atoms with Crippen molar-refractivity contribution in [1.29, 1.82) is 0 Å². The van der Waals surface area contributed by atoms with E-state index in [1.165, 1.54) is 11.8 Å². The molecular weight excluding hydrogens is 865 g/mol. The van der Waals surface area contributed by atoms with Gasteiger partial charge in [-0.1, -0.05) is 12.8 Å². The van der Waals surface area contributed by atoms with Crippen LogP contribution in [-0.2, 0) is 37.9 Å². The molecule has 9 unspecified atom stereocenters. The summed E-state index contributed by atoms with van der Waals surface area (Å²) >= 11 is 6.95. The largest absolute Gasteiger partial charge is 0.394 e. The van der Waals surface area contributed by atoms with Gasteiger partial charge in [0.1, 0.15) is 84.9 Å². The molecule has 16 N–H and O–H groups in total. The molecule has 6 saturated heterocycles. The average Bonchev–Trinajstić information content (AvgIpc) is 3.25. The molecule has 0 aliphatic carbocycles. The SMILES string of the molecule is OCC1O[C@H](OCC(CO[C@H]2OC(CO)[C@@H](O)[C@H](O)C2O)(CO[C@H]2OC(CO)[C@@H](O)[C@H](O)C2O)NC(=S)NCSCC2O[C@@H]3OCCCCCC2[C@H](O)C3O)C(O)[C@@H](O)[C@@H]1O. The third-order valence-corrected chi connectivity index (χ3v) is 12.6. The monoisotopic (exact) mass is 926 g/mol. The molecule has 20 atom stereocenters. The van der Waals surface area contributed by atoms with E-state index in [4.69, 9.17) is 50.1 Å². The number of thioether (sulfide) groups is 1. The van der Waals surface area contributed by atoms with E-state index in [0.29, 0.717) is 18.8 Å². The van der Waals surface area contributed by atoms with Crippen molar-refractivity contribution in [3.05, 3.63) is 0 Å². The summed E-state index contributed by atoms with van der Waals surface area (Å²) in [6.45, 7) is -4.14. The summed E-state index contributed by atoms with van der Waals surface area (Å²) in [5.74, 6) is 0.0557. The molecule has 0 spiro atoms. The lowest BCUT2D eigenvalue weighted by atomic mass is 9.85. The van der Waals surface area contributed by atoms with Crippen molar-refractivity contribution in [3.8, 4) is 0 Å². The van der Waals surface area contributed by atoms with Gasteiger partial charge in [0.15, 0.2) is 30.3 Å². The Morgan fingerprint density at radius 1 is 0.557 bits per heavy atom. The predicted octanol–water partition coefficient (Wildman–Crippen LogP) is -8.02. The zero-order valence-electron chi connectivity index (χ0n) is 33.1. The highest BCUT2D eigenvalue weighted by atomic mass is 32.2. The molecule has 6 aliphatic rings. The van der Waals surface area contributed by atoms with Crippen molar-refractivity contribution in [3.63, 3.8) is 0 Å². The minimum absolute atomic E-state index is 0.105. The summed E-state index contributed by atoms with van der Waals surface area (Å²) in [5, 5.41) is 151. The molecule has 61 heavy (non-hydrogen) atoms. The lowest BCUT2D eigenvalue weighted by Crippen LogP contribution is -2.66. The van der Waals surface area contributed by atoms with Crippen LogP contribution in [0.25, 0.3) is 0 Å². The topological polar surface area (TPSA) is 381 Å². The van der Waals surface area contributed by atoms with Crippen molar-refractivity contribution in [2.24, 2.45) is 5.92 Å². The number of aliphatic hydroxyl groups is 14. The van der Waals surface area contributed by atoms with Gasteiger partial charge in [0, 0.05) is 18.3 Å². The van der Waals surface area contributed by atoms with Crippen molar-refractivity contribution >= 4 is 29.1 Å². The molecule has 6 heterocycles. The normalized spacial score (nSPS) is 44.6. The van der Waals surface area contributed by atoms with E-state index in [9.17, 15) is 71.5 Å². The highest BCUT2D eigenvalue weighted by Crippen LogP contribution is 2.34. The third kappa shape index (κ3) is 12.5. The Hall–Kier alpha value is -0.840. The van der Waals surface area contributed by atoms with Crippen molar-refractivity contribution < 1.29 is 109 Å². The van der Waals surface area contributed by atoms with Crippen LogP contribution in [0, 0.1) is 5.92 Å². The maximum absolute atomic E-state index is 10.9. The van der Waals surface area contributed by atoms with Crippen LogP contribution in [0.3, 0.4) is 0 Å². The molecule has 6 aliphatic heterocycles. The van der Waals surface area contributed by atoms with Crippen LogP contribution in [0.15, 0.2) is 0 Å². The van der Waals surface area contributed by atoms with Crippen LogP contribution in [0.2, 0.25) is 0 Å². The second kappa shape index (κ2) is 23.6. The number of aliphatic hydroxyl groups excluding tert-OH is 14. The molecule has 356 valence electrons. The molecule has 0 amide bonds. The van der Waals surface area contributed by atoms with E-state index in [-0.39, 0.29) is 16.9 Å². The quantitative estimate of drug-likeness (QED) is 0.0366. The van der Waals surface area contributed by atoms with E-state index in [1.54, 1.807) is 0 Å². The highest BCUT2D eigenvalue weighted by Gasteiger charge is 2.50. The van der Waals surface area contributed by atoms with Gasteiger partial charge in [-0.05, 0) is 25.1 Å². The number of fused-ring (bicyclic) bond motifs is 7. The number of hydrogen-bond acceptors (Lipinski definition) is 24. The summed E-state index contributed by atoms with van der Waals surface area (Å²) < 4.78 is 46.0. The lowest BCUT2D eigenvalue weighted by molar-refractivity contribution is -0.323. The van der Waals surface area contributed by atoms with E-state index >= 15 is 0 Å². The van der Waals surface area contributed by atoms with Gasteiger partial charge in [-0.3, -0.25) is 0 Å². The molecule has 0 radical (unpaired) electrons. The predicted molar refractivity (Wildman–Crippen MR) is 207 cm³/mol. The van der Waals surface area contributed by atoms with Crippen molar-refractivity contribution in [1.82, 2.24) is 10.6 Å². The van der Waals surface area contributed by atoms with Crippen LogP contribution < -0.4 is 10.6 Å². The zero-order valence-corrected chi connectivity index (χ0v) is 34.7. The number of ether oxygens (including phenoxy) is 8. The minimum atomic E-state index is -1.90. The van der Waals surface area contributed by atoms with Crippen LogP contribution in [0.5, 0.6) is 0 Å². The van der Waals surface area contributed by atoms with Gasteiger partial charge in [0.05, 0.1) is 57.7 Å². The Morgan fingerprint density at radius 3 is 1.46 bits per heavy atom. The van der Waals surface area contributed by atoms with Crippen LogP contribution >= 0.6 is 24.0 Å². The van der Waals surface area contributed by atoms with E-state index in [2.05, 4.69) is 10.6 Å². The molecule has 0 saturated carbocycles. The molecule has 0 aromatic carbocycles. The minimum Gasteiger partial charge on any atom is -0.394 e. The van der Waals surface area contributed by atoms with Crippen molar-refractivity contribution in [2.45, 2.75) is 148 Å². The van der Waals surface area contributed by atoms with Crippen LogP contribution in [-0.4, -0.2) is 257 Å². The van der Waals surface area contributed by atoms with Crippen LogP contribution in [0.1, 0.15) is 25.7 Å². The average molecular weight is 927 g/mol. The summed E-state index contributed by atoms with van der Waals surface area (Å²) in [6, 6.07) is 0. The summed E-state index contributed by atoms with van der Waals surface area (Å²) in [6.07, 6.45) is -26.5. The molecule has 2 bridgehead atoms. The number of rotatable bonds is 17. The standard InChI is InChI=1S/C35H62N2O22S2/c38-6-15-20(42)23(45)27(49)31(56-15)53-10-35(11-54-32-28(50)24(46)21(43)16(7-39)57-32,12-55-33-29(51)25(47)22(44)17(8-40)58-33)37-34(60)36-13-61-9-18-14-4-2-1-3-5-52-30(59-18)26(48)19(14)41/h14-33,38-51H,1-13H2,(H2,36,37,60)/t14?,15?,16?,17?,18?,19-,20+,21+,22+,23-,24-,25-,26?,27?,28?,29?,30-,31-,32-,33-,35?/m0/s1. The second-order valence-corrected chi connectivity index (χ2v) is 17.3. The first-order chi connectivity index (χ1) is 29.1. The Kier molecular flexibility index (Phi) is 19.8. The Balaban J connectivity index is 1.36. The summed E-state index contributed by atoms with van der Waals surface area (Å²) in [4.78, 5) is 0. The van der Waals surface area contributed by atoms with E-state index < -0.39 is 162 Å². The molecule has 6 fully saturated rings. The van der Waals surface area contributed by atoms with Gasteiger partial charge in [-0.25, -0.2) is 0 Å². The molecule has 6 rings (SSSR count). The highest BCUT2D eigenvalue weighted by molar-refractivity contribution is 7.99. The van der Waals surface area contributed by atoms with Gasteiger partial charge in [0.2, 0.25) is 0 Å². The summed E-state index contributed by atoms with van der Waals surface area (Å²) in [7, 11) is 0. The van der Waals surface area contributed by atoms with Gasteiger partial charge in [-0.15, -0.1) is 11.8 Å². The fourth-order valence-electron chi connectivity index (χ4n) is 7.65. The molecule has 26 heteroatoms. The molecule has 24 nitrogen and oxygen atoms in total. The fraction of sp³-hybridized carbons (Fsp3) is 0.971. The maximum Gasteiger partial charge on any atom is 0.186 e. The van der Waals surface area contributed by atoms with Gasteiger partial charge in [-0.2, -0.15) is 0 Å². The molecule has 0 aromatic rings. The molecular formula is C35H62N2O22S2. The number of nitrogens with one attached hydrogen (secondary N) is 2. The van der Waals surface area contributed by atoms with E-state index in [0.717, 1.165) is 19.3 Å². The van der Waals surface area contributed by atoms with Crippen molar-refractivity contribution in [2.75, 3.05) is 57.9 Å². The van der Waals surface area contributed by atoms with E-state index in [1.807, 2.05) is 0 Å². The van der Waals surface area contributed by atoms with Gasteiger partial charge in [0.25, 0.3) is 0 Å². The lowest BCUT2D eigenvalue weighted by Gasteiger charge is -2.45. The second-order valence-electron chi connectivity index (χ2n) is 15.9. The first-order valence-corrected chi connectivity index (χ1v) is 21.7. The zero-order chi connectivity index (χ0) is 44.6. The third-order valence-electron chi connectivity index (χ3n) is 11.4. The Bertz CT molecular complexity index is 1230. The van der Waals surface area contributed by atoms with Gasteiger partial charge < -0.3 is 120 Å². The first-order valence-electron chi connectivity index (χ1n) is 20.1. The smallest absolute Gasteiger partial charge is 0.186 e. The van der Waals surface area contributed by atoms with Gasteiger partial charge >= 0.3 is 0 Å². The Labute approximate surface area is 360 Å². The van der Waals surface area contributed by atoms with Crippen LogP contribution in [0.4, 0.5) is 0 Å². The fourth-order valence-corrected chi connectivity index (χ4v) is 8.96.